The van der Waals surface area contributed by atoms with Gasteiger partial charge in [0.15, 0.2) is 11.5 Å². The van der Waals surface area contributed by atoms with E-state index in [0.29, 0.717) is 33.5 Å². The highest BCUT2D eigenvalue weighted by Crippen LogP contribution is 2.22. The van der Waals surface area contributed by atoms with Crippen molar-refractivity contribution in [2.24, 2.45) is 0 Å². The van der Waals surface area contributed by atoms with Gasteiger partial charge in [-0.15, -0.1) is 0 Å². The lowest BCUT2D eigenvalue weighted by molar-refractivity contribution is 0.101. The molecule has 1 N–H and O–H groups in total. The molecular formula is C24H22ClFN4O3. The quantitative estimate of drug-likeness (QED) is 0.389. The highest BCUT2D eigenvalue weighted by Gasteiger charge is 2.22. The monoisotopic (exact) mass is 468 g/mol. The molecule has 0 atom stereocenters. The number of ether oxygens (including phenoxy) is 1. The molecule has 0 spiro atoms. The van der Waals surface area contributed by atoms with E-state index in [4.69, 9.17) is 20.9 Å². The number of hydrogen-bond donors (Lipinski definition) is 1. The van der Waals surface area contributed by atoms with Crippen molar-refractivity contribution in [3.05, 3.63) is 93.2 Å². The van der Waals surface area contributed by atoms with Crippen LogP contribution in [0, 0.1) is 26.6 Å². The number of halogens is 2. The molecule has 0 saturated heterocycles. The van der Waals surface area contributed by atoms with Crippen LogP contribution in [0.4, 0.5) is 10.2 Å². The Morgan fingerprint density at radius 1 is 1.15 bits per heavy atom. The second kappa shape index (κ2) is 9.46. The molecule has 1 amide bonds. The standard InChI is InChI=1S/C24H22ClFN4O3/c1-14-7-9-17(10-8-14)32-13-19-16(3)33-29-23(19)24(31)27-22-11-15(2)30(28-22)12-18-20(25)5-4-6-21(18)26/h4-11H,12-13H2,1-3H3,(H,27,28,31). The number of carbonyl (C=O) groups excluding carboxylic acids is 1. The van der Waals surface area contributed by atoms with Gasteiger partial charge in [0.1, 0.15) is 23.9 Å². The third-order valence-electron chi connectivity index (χ3n) is 5.20. The number of amides is 1. The summed E-state index contributed by atoms with van der Waals surface area (Å²) < 4.78 is 26.7. The van der Waals surface area contributed by atoms with Crippen LogP contribution < -0.4 is 10.1 Å². The first kappa shape index (κ1) is 22.5. The first-order chi connectivity index (χ1) is 15.8. The molecule has 0 bridgehead atoms. The average Bonchev–Trinajstić information content (AvgIpc) is 3.32. The Hall–Kier alpha value is -3.65. The van der Waals surface area contributed by atoms with Gasteiger partial charge in [0.2, 0.25) is 0 Å². The number of aryl methyl sites for hydroxylation is 3. The van der Waals surface area contributed by atoms with E-state index in [0.717, 1.165) is 11.3 Å². The van der Waals surface area contributed by atoms with Crippen molar-refractivity contribution in [3.63, 3.8) is 0 Å². The number of nitrogens with one attached hydrogen (secondary N) is 1. The summed E-state index contributed by atoms with van der Waals surface area (Å²) in [6.45, 7) is 5.77. The van der Waals surface area contributed by atoms with Gasteiger partial charge in [-0.2, -0.15) is 5.10 Å². The summed E-state index contributed by atoms with van der Waals surface area (Å²) in [6, 6.07) is 13.8. The highest BCUT2D eigenvalue weighted by atomic mass is 35.5. The predicted octanol–water partition coefficient (Wildman–Crippen LogP) is 5.47. The van der Waals surface area contributed by atoms with Crippen LogP contribution >= 0.6 is 11.6 Å². The zero-order chi connectivity index (χ0) is 23.5. The first-order valence-electron chi connectivity index (χ1n) is 10.2. The minimum atomic E-state index is -0.483. The number of hydrogen-bond acceptors (Lipinski definition) is 5. The second-order valence-corrected chi connectivity index (χ2v) is 8.06. The van der Waals surface area contributed by atoms with Crippen LogP contribution in [0.15, 0.2) is 53.1 Å². The van der Waals surface area contributed by atoms with Gasteiger partial charge in [-0.05, 0) is 45.0 Å². The van der Waals surface area contributed by atoms with E-state index in [-0.39, 0.29) is 18.8 Å². The highest BCUT2D eigenvalue weighted by molar-refractivity contribution is 6.31. The number of benzene rings is 2. The molecule has 7 nitrogen and oxygen atoms in total. The maximum absolute atomic E-state index is 14.1. The summed E-state index contributed by atoms with van der Waals surface area (Å²) in [4.78, 5) is 12.9. The largest absolute Gasteiger partial charge is 0.489 e. The SMILES string of the molecule is Cc1ccc(OCc2c(C(=O)Nc3cc(C)n(Cc4c(F)cccc4Cl)n3)noc2C)cc1. The van der Waals surface area contributed by atoms with Crippen LogP contribution in [-0.4, -0.2) is 20.8 Å². The van der Waals surface area contributed by atoms with E-state index in [9.17, 15) is 9.18 Å². The molecule has 2 aromatic carbocycles. The third kappa shape index (κ3) is 5.06. The molecule has 4 aromatic rings. The molecule has 0 aliphatic rings. The van der Waals surface area contributed by atoms with Crippen molar-refractivity contribution in [2.45, 2.75) is 33.9 Å². The maximum atomic E-state index is 14.1. The molecule has 0 radical (unpaired) electrons. The van der Waals surface area contributed by atoms with E-state index in [2.05, 4.69) is 15.6 Å². The molecule has 9 heteroatoms. The normalized spacial score (nSPS) is 10.9. The van der Waals surface area contributed by atoms with Gasteiger partial charge in [0, 0.05) is 22.3 Å². The van der Waals surface area contributed by atoms with Crippen LogP contribution in [0.1, 0.15) is 38.6 Å². The van der Waals surface area contributed by atoms with Crippen LogP contribution in [0.5, 0.6) is 5.75 Å². The predicted molar refractivity (Wildman–Crippen MR) is 122 cm³/mol. The molecule has 0 unspecified atom stereocenters. The Kier molecular flexibility index (Phi) is 6.46. The Morgan fingerprint density at radius 2 is 1.91 bits per heavy atom. The zero-order valence-electron chi connectivity index (χ0n) is 18.4. The zero-order valence-corrected chi connectivity index (χ0v) is 19.1. The van der Waals surface area contributed by atoms with Crippen LogP contribution in [0.2, 0.25) is 5.02 Å². The third-order valence-corrected chi connectivity index (χ3v) is 5.55. The van der Waals surface area contributed by atoms with Crippen molar-refractivity contribution in [1.29, 1.82) is 0 Å². The van der Waals surface area contributed by atoms with E-state index >= 15 is 0 Å². The summed E-state index contributed by atoms with van der Waals surface area (Å²) >= 11 is 6.12. The minimum Gasteiger partial charge on any atom is -0.489 e. The molecule has 0 aliphatic heterocycles. The Balaban J connectivity index is 1.48. The Morgan fingerprint density at radius 3 is 2.64 bits per heavy atom. The average molecular weight is 469 g/mol. The van der Waals surface area contributed by atoms with Gasteiger partial charge in [-0.3, -0.25) is 9.48 Å². The first-order valence-corrected chi connectivity index (χ1v) is 10.6. The number of aromatic nitrogens is 3. The lowest BCUT2D eigenvalue weighted by atomic mass is 10.2. The number of rotatable bonds is 7. The number of anilines is 1. The fraction of sp³-hybridized carbons (Fsp3) is 0.208. The topological polar surface area (TPSA) is 82.2 Å². The van der Waals surface area contributed by atoms with Gasteiger partial charge in [0.05, 0.1) is 12.1 Å². The van der Waals surface area contributed by atoms with Gasteiger partial charge < -0.3 is 14.6 Å². The summed E-state index contributed by atoms with van der Waals surface area (Å²) in [5.41, 5.74) is 2.83. The lowest BCUT2D eigenvalue weighted by Crippen LogP contribution is -2.16. The van der Waals surface area contributed by atoms with Crippen LogP contribution in [0.3, 0.4) is 0 Å². The van der Waals surface area contributed by atoms with E-state index in [1.165, 1.54) is 6.07 Å². The molecule has 2 aromatic heterocycles. The van der Waals surface area contributed by atoms with Crippen molar-refractivity contribution < 1.29 is 18.4 Å². The minimum absolute atomic E-state index is 0.115. The van der Waals surface area contributed by atoms with Crippen LogP contribution in [-0.2, 0) is 13.2 Å². The Labute approximate surface area is 195 Å². The number of nitrogens with zero attached hydrogens (tertiary/aromatic N) is 3. The number of carbonyl (C=O) groups is 1. The maximum Gasteiger partial charge on any atom is 0.279 e. The lowest BCUT2D eigenvalue weighted by Gasteiger charge is -2.08. The molecule has 33 heavy (non-hydrogen) atoms. The molecular weight excluding hydrogens is 447 g/mol. The van der Waals surface area contributed by atoms with Gasteiger partial charge >= 0.3 is 0 Å². The summed E-state index contributed by atoms with van der Waals surface area (Å²) in [5.74, 6) is 0.565. The molecule has 2 heterocycles. The van der Waals surface area contributed by atoms with E-state index in [1.54, 1.807) is 36.7 Å². The Bertz CT molecular complexity index is 1280. The van der Waals surface area contributed by atoms with Crippen molar-refractivity contribution >= 4 is 23.3 Å². The van der Waals surface area contributed by atoms with E-state index in [1.807, 2.05) is 31.2 Å². The molecule has 0 fully saturated rings. The van der Waals surface area contributed by atoms with Crippen molar-refractivity contribution in [3.8, 4) is 5.75 Å². The fourth-order valence-corrected chi connectivity index (χ4v) is 3.49. The molecule has 0 aliphatic carbocycles. The van der Waals surface area contributed by atoms with E-state index < -0.39 is 11.7 Å². The summed E-state index contributed by atoms with van der Waals surface area (Å²) in [5, 5.41) is 11.3. The van der Waals surface area contributed by atoms with Crippen molar-refractivity contribution in [2.75, 3.05) is 5.32 Å². The molecule has 4 rings (SSSR count). The molecule has 0 saturated carbocycles. The fourth-order valence-electron chi connectivity index (χ4n) is 3.27. The second-order valence-electron chi connectivity index (χ2n) is 7.65. The summed E-state index contributed by atoms with van der Waals surface area (Å²) in [6.07, 6.45) is 0. The molecule has 170 valence electrons. The van der Waals surface area contributed by atoms with Gasteiger partial charge in [0.25, 0.3) is 5.91 Å². The van der Waals surface area contributed by atoms with Gasteiger partial charge in [-0.1, -0.05) is 40.5 Å². The van der Waals surface area contributed by atoms with Crippen LogP contribution in [0.25, 0.3) is 0 Å². The summed E-state index contributed by atoms with van der Waals surface area (Å²) in [7, 11) is 0. The van der Waals surface area contributed by atoms with Gasteiger partial charge in [-0.25, -0.2) is 4.39 Å². The smallest absolute Gasteiger partial charge is 0.279 e. The van der Waals surface area contributed by atoms with Crippen molar-refractivity contribution in [1.82, 2.24) is 14.9 Å².